The molecule has 2 atom stereocenters. The van der Waals surface area contributed by atoms with Gasteiger partial charge in [-0.05, 0) is 45.2 Å². The molecule has 2 unspecified atom stereocenters. The van der Waals surface area contributed by atoms with Crippen LogP contribution in [-0.4, -0.2) is 23.7 Å². The van der Waals surface area contributed by atoms with Crippen molar-refractivity contribution in [3.05, 3.63) is 12.1 Å². The number of rotatable bonds is 4. The van der Waals surface area contributed by atoms with Gasteiger partial charge in [0.1, 0.15) is 5.82 Å². The zero-order valence-corrected chi connectivity index (χ0v) is 11.5. The van der Waals surface area contributed by atoms with Crippen LogP contribution in [0.1, 0.15) is 40.0 Å². The molecule has 100 valence electrons. The molecule has 1 saturated heterocycles. The molecule has 0 bridgehead atoms. The SMILES string of the molecule is CCOc1nc(N2C(C)CCC2CC)ccc1N. The van der Waals surface area contributed by atoms with Crippen LogP contribution in [0.2, 0.25) is 0 Å². The van der Waals surface area contributed by atoms with Crippen molar-refractivity contribution in [2.75, 3.05) is 17.2 Å². The van der Waals surface area contributed by atoms with Crippen LogP contribution in [0.5, 0.6) is 5.88 Å². The third kappa shape index (κ3) is 2.37. The summed E-state index contributed by atoms with van der Waals surface area (Å²) in [5.41, 5.74) is 6.48. The number of ether oxygens (including phenoxy) is 1. The average Bonchev–Trinajstić information content (AvgIpc) is 2.74. The molecule has 0 aromatic carbocycles. The summed E-state index contributed by atoms with van der Waals surface area (Å²) in [6.07, 6.45) is 3.63. The molecule has 0 saturated carbocycles. The standard InChI is InChI=1S/C14H23N3O/c1-4-11-7-6-10(3)17(11)13-9-8-12(15)14(16-13)18-5-2/h8-11H,4-7,15H2,1-3H3. The van der Waals surface area contributed by atoms with Gasteiger partial charge >= 0.3 is 0 Å². The lowest BCUT2D eigenvalue weighted by molar-refractivity contribution is 0.328. The number of nitrogens with two attached hydrogens (primary N) is 1. The second kappa shape index (κ2) is 5.46. The molecular formula is C14H23N3O. The predicted octanol–water partition coefficient (Wildman–Crippen LogP) is 2.83. The van der Waals surface area contributed by atoms with Crippen molar-refractivity contribution >= 4 is 11.5 Å². The highest BCUT2D eigenvalue weighted by Gasteiger charge is 2.30. The summed E-state index contributed by atoms with van der Waals surface area (Å²) in [7, 11) is 0. The van der Waals surface area contributed by atoms with E-state index < -0.39 is 0 Å². The van der Waals surface area contributed by atoms with Gasteiger partial charge in [0.05, 0.1) is 12.3 Å². The quantitative estimate of drug-likeness (QED) is 0.891. The first kappa shape index (κ1) is 13.0. The fourth-order valence-corrected chi connectivity index (χ4v) is 2.72. The van der Waals surface area contributed by atoms with Gasteiger partial charge in [0, 0.05) is 12.1 Å². The maximum absolute atomic E-state index is 5.87. The molecule has 1 aromatic heterocycles. The van der Waals surface area contributed by atoms with Crippen molar-refractivity contribution < 1.29 is 4.74 Å². The molecule has 2 heterocycles. The van der Waals surface area contributed by atoms with Gasteiger partial charge in [0.25, 0.3) is 0 Å². The van der Waals surface area contributed by atoms with E-state index in [1.807, 2.05) is 19.1 Å². The van der Waals surface area contributed by atoms with E-state index >= 15 is 0 Å². The summed E-state index contributed by atoms with van der Waals surface area (Å²) in [4.78, 5) is 6.98. The highest BCUT2D eigenvalue weighted by atomic mass is 16.5. The Hall–Kier alpha value is -1.45. The second-order valence-electron chi connectivity index (χ2n) is 4.89. The normalized spacial score (nSPS) is 23.4. The first-order valence-electron chi connectivity index (χ1n) is 6.85. The lowest BCUT2D eigenvalue weighted by Crippen LogP contribution is -2.34. The molecule has 1 aliphatic rings. The van der Waals surface area contributed by atoms with E-state index in [-0.39, 0.29) is 0 Å². The van der Waals surface area contributed by atoms with E-state index in [0.29, 0.717) is 30.3 Å². The van der Waals surface area contributed by atoms with Crippen LogP contribution in [-0.2, 0) is 0 Å². The number of nitrogen functional groups attached to an aromatic ring is 1. The maximum Gasteiger partial charge on any atom is 0.239 e. The fourth-order valence-electron chi connectivity index (χ4n) is 2.72. The number of aromatic nitrogens is 1. The first-order chi connectivity index (χ1) is 8.67. The first-order valence-corrected chi connectivity index (χ1v) is 6.85. The minimum Gasteiger partial charge on any atom is -0.476 e. The lowest BCUT2D eigenvalue weighted by Gasteiger charge is -2.29. The van der Waals surface area contributed by atoms with E-state index in [0.717, 1.165) is 12.2 Å². The minimum atomic E-state index is 0.542. The van der Waals surface area contributed by atoms with E-state index in [2.05, 4.69) is 23.7 Å². The Labute approximate surface area is 109 Å². The molecule has 0 spiro atoms. The Kier molecular flexibility index (Phi) is 3.94. The van der Waals surface area contributed by atoms with Gasteiger partial charge in [-0.3, -0.25) is 0 Å². The van der Waals surface area contributed by atoms with Gasteiger partial charge in [-0.2, -0.15) is 4.98 Å². The van der Waals surface area contributed by atoms with E-state index in [1.165, 1.54) is 12.8 Å². The van der Waals surface area contributed by atoms with Crippen LogP contribution in [0.15, 0.2) is 12.1 Å². The van der Waals surface area contributed by atoms with E-state index in [9.17, 15) is 0 Å². The smallest absolute Gasteiger partial charge is 0.239 e. The molecule has 18 heavy (non-hydrogen) atoms. The predicted molar refractivity (Wildman–Crippen MR) is 75.1 cm³/mol. The summed E-state index contributed by atoms with van der Waals surface area (Å²) in [5.74, 6) is 1.55. The summed E-state index contributed by atoms with van der Waals surface area (Å²) in [5, 5.41) is 0. The number of hydrogen-bond acceptors (Lipinski definition) is 4. The van der Waals surface area contributed by atoms with Gasteiger partial charge in [0.2, 0.25) is 5.88 Å². The molecule has 4 heteroatoms. The van der Waals surface area contributed by atoms with Gasteiger partial charge in [0.15, 0.2) is 0 Å². The molecule has 0 amide bonds. The highest BCUT2D eigenvalue weighted by Crippen LogP contribution is 2.33. The molecule has 1 aliphatic heterocycles. The van der Waals surface area contributed by atoms with Gasteiger partial charge in [-0.25, -0.2) is 0 Å². The summed E-state index contributed by atoms with van der Waals surface area (Å²) < 4.78 is 5.48. The Bertz CT molecular complexity index is 408. The number of anilines is 2. The molecule has 2 N–H and O–H groups in total. The van der Waals surface area contributed by atoms with Gasteiger partial charge in [-0.1, -0.05) is 6.92 Å². The zero-order valence-electron chi connectivity index (χ0n) is 11.5. The van der Waals surface area contributed by atoms with Crippen LogP contribution in [0.3, 0.4) is 0 Å². The van der Waals surface area contributed by atoms with Crippen LogP contribution < -0.4 is 15.4 Å². The van der Waals surface area contributed by atoms with Crippen molar-refractivity contribution in [1.29, 1.82) is 0 Å². The monoisotopic (exact) mass is 249 g/mol. The summed E-state index contributed by atoms with van der Waals surface area (Å²) >= 11 is 0. The molecule has 1 fully saturated rings. The molecule has 1 aromatic rings. The molecule has 0 aliphatic carbocycles. The fraction of sp³-hybridized carbons (Fsp3) is 0.643. The third-order valence-electron chi connectivity index (χ3n) is 3.68. The highest BCUT2D eigenvalue weighted by molar-refractivity contribution is 5.55. The average molecular weight is 249 g/mol. The minimum absolute atomic E-state index is 0.542. The van der Waals surface area contributed by atoms with Crippen LogP contribution in [0.4, 0.5) is 11.5 Å². The van der Waals surface area contributed by atoms with Gasteiger partial charge in [-0.15, -0.1) is 0 Å². The van der Waals surface area contributed by atoms with E-state index in [1.54, 1.807) is 0 Å². The number of nitrogens with zero attached hydrogens (tertiary/aromatic N) is 2. The summed E-state index contributed by atoms with van der Waals surface area (Å²) in [6, 6.07) is 5.03. The molecule has 2 rings (SSSR count). The van der Waals surface area contributed by atoms with Crippen molar-refractivity contribution in [3.63, 3.8) is 0 Å². The molecule has 0 radical (unpaired) electrons. The zero-order chi connectivity index (χ0) is 13.1. The molecule has 4 nitrogen and oxygen atoms in total. The van der Waals surface area contributed by atoms with Gasteiger partial charge < -0.3 is 15.4 Å². The summed E-state index contributed by atoms with van der Waals surface area (Å²) in [6.45, 7) is 7.03. The third-order valence-corrected chi connectivity index (χ3v) is 3.68. The maximum atomic E-state index is 5.87. The number of hydrogen-bond donors (Lipinski definition) is 1. The van der Waals surface area contributed by atoms with Crippen molar-refractivity contribution in [3.8, 4) is 5.88 Å². The van der Waals surface area contributed by atoms with Crippen LogP contribution >= 0.6 is 0 Å². The molecular weight excluding hydrogens is 226 g/mol. The second-order valence-corrected chi connectivity index (χ2v) is 4.89. The Morgan fingerprint density at radius 1 is 1.39 bits per heavy atom. The Balaban J connectivity index is 2.29. The number of pyridine rings is 1. The van der Waals surface area contributed by atoms with Crippen LogP contribution in [0.25, 0.3) is 0 Å². The lowest BCUT2D eigenvalue weighted by atomic mass is 10.1. The Morgan fingerprint density at radius 3 is 2.83 bits per heavy atom. The van der Waals surface area contributed by atoms with Crippen LogP contribution in [0, 0.1) is 0 Å². The van der Waals surface area contributed by atoms with Crippen molar-refractivity contribution in [2.45, 2.75) is 52.1 Å². The largest absolute Gasteiger partial charge is 0.476 e. The topological polar surface area (TPSA) is 51.4 Å². The van der Waals surface area contributed by atoms with Crippen molar-refractivity contribution in [2.24, 2.45) is 0 Å². The van der Waals surface area contributed by atoms with Crippen molar-refractivity contribution in [1.82, 2.24) is 4.98 Å². The Morgan fingerprint density at radius 2 is 2.17 bits per heavy atom. The van der Waals surface area contributed by atoms with E-state index in [4.69, 9.17) is 10.5 Å².